The minimum Gasteiger partial charge on any atom is -0.478 e. The van der Waals surface area contributed by atoms with Crippen LogP contribution >= 0.6 is 0 Å². The van der Waals surface area contributed by atoms with Crippen molar-refractivity contribution < 1.29 is 9.90 Å². The van der Waals surface area contributed by atoms with Crippen LogP contribution in [0.15, 0.2) is 0 Å². The maximum absolute atomic E-state index is 11.1. The van der Waals surface area contributed by atoms with E-state index in [1.165, 1.54) is 5.56 Å². The van der Waals surface area contributed by atoms with Crippen LogP contribution in [0, 0.1) is 34.6 Å². The van der Waals surface area contributed by atoms with Crippen molar-refractivity contribution in [3.8, 4) is 0 Å². The second-order valence-electron chi connectivity index (χ2n) is 3.81. The van der Waals surface area contributed by atoms with Gasteiger partial charge in [-0.25, -0.2) is 4.79 Å². The fraction of sp³-hybridized carbons (Fsp3) is 0.417. The monoisotopic (exact) mass is 222 g/mol. The summed E-state index contributed by atoms with van der Waals surface area (Å²) in [6.45, 7) is 9.74. The molecule has 0 saturated heterocycles. The summed E-state index contributed by atoms with van der Waals surface area (Å²) in [5.74, 6) is -0.828. The largest absolute Gasteiger partial charge is 0.478 e. The first kappa shape index (κ1) is 14.2. The van der Waals surface area contributed by atoms with Crippen LogP contribution in [0.4, 0.5) is 0 Å². The Labute approximate surface area is 101 Å². The lowest BCUT2D eigenvalue weighted by atomic mass is 9.90. The molecule has 0 heterocycles. The predicted octanol–water partition coefficient (Wildman–Crippen LogP) is 1.74. The summed E-state index contributed by atoms with van der Waals surface area (Å²) in [5.41, 5.74) is 5.61. The number of carbonyl (C=O) groups is 1. The van der Waals surface area contributed by atoms with E-state index >= 15 is 0 Å². The highest BCUT2D eigenvalue weighted by Gasteiger charge is 2.16. The van der Waals surface area contributed by atoms with E-state index in [-0.39, 0.29) is 17.4 Å². The van der Waals surface area contributed by atoms with Gasteiger partial charge >= 0.3 is 5.97 Å². The van der Waals surface area contributed by atoms with Crippen LogP contribution in [0.3, 0.4) is 0 Å². The Kier molecular flexibility index (Phi) is 4.58. The highest BCUT2D eigenvalue weighted by molar-refractivity contribution is 5.92. The number of benzene rings is 1. The molecule has 0 unspecified atom stereocenters. The smallest absolute Gasteiger partial charge is 0.336 e. The number of carboxylic acid groups (broad SMARTS) is 1. The Morgan fingerprint density at radius 1 is 0.800 bits per heavy atom. The van der Waals surface area contributed by atoms with Gasteiger partial charge in [0.05, 0.1) is 5.56 Å². The van der Waals surface area contributed by atoms with Gasteiger partial charge in [-0.2, -0.15) is 0 Å². The van der Waals surface area contributed by atoms with Gasteiger partial charge in [-0.05, 0) is 62.4 Å². The van der Waals surface area contributed by atoms with Crippen molar-refractivity contribution in [1.29, 1.82) is 0 Å². The van der Waals surface area contributed by atoms with Gasteiger partial charge in [0.1, 0.15) is 0 Å². The summed E-state index contributed by atoms with van der Waals surface area (Å²) in [6.07, 6.45) is 0. The van der Waals surface area contributed by atoms with Crippen LogP contribution in [-0.4, -0.2) is 28.4 Å². The summed E-state index contributed by atoms with van der Waals surface area (Å²) >= 11 is 0. The summed E-state index contributed by atoms with van der Waals surface area (Å²) in [7, 11) is 0. The second kappa shape index (κ2) is 4.83. The third-order valence-corrected chi connectivity index (χ3v) is 3.21. The molecule has 0 spiro atoms. The van der Waals surface area contributed by atoms with Crippen LogP contribution in [-0.2, 0) is 0 Å². The molecule has 0 radical (unpaired) electrons. The van der Waals surface area contributed by atoms with Crippen molar-refractivity contribution in [2.24, 2.45) is 0 Å². The topological polar surface area (TPSA) is 37.3 Å². The van der Waals surface area contributed by atoms with Crippen molar-refractivity contribution in [3.63, 3.8) is 0 Å². The lowest BCUT2D eigenvalue weighted by molar-refractivity contribution is 0.0695. The molecule has 0 aliphatic rings. The first-order chi connectivity index (χ1) is 6.37. The molecule has 1 rings (SSSR count). The molecular formula is C12H19AlO2. The quantitative estimate of drug-likeness (QED) is 0.735. The number of carboxylic acids is 1. The molecule has 1 N–H and O–H groups in total. The maximum atomic E-state index is 11.1. The van der Waals surface area contributed by atoms with Crippen molar-refractivity contribution in [1.82, 2.24) is 0 Å². The van der Waals surface area contributed by atoms with Crippen molar-refractivity contribution in [3.05, 3.63) is 33.4 Å². The molecule has 82 valence electrons. The van der Waals surface area contributed by atoms with Gasteiger partial charge in [0.15, 0.2) is 17.4 Å². The van der Waals surface area contributed by atoms with Crippen molar-refractivity contribution in [2.75, 3.05) is 0 Å². The predicted molar refractivity (Wildman–Crippen MR) is 67.0 cm³/mol. The minimum atomic E-state index is -0.828. The maximum Gasteiger partial charge on any atom is 0.336 e. The molecule has 15 heavy (non-hydrogen) atoms. The summed E-state index contributed by atoms with van der Waals surface area (Å²) in [4.78, 5) is 11.1. The Morgan fingerprint density at radius 3 is 1.33 bits per heavy atom. The molecule has 0 atom stereocenters. The molecule has 2 nitrogen and oxygen atoms in total. The fourth-order valence-corrected chi connectivity index (χ4v) is 1.82. The van der Waals surface area contributed by atoms with Crippen molar-refractivity contribution in [2.45, 2.75) is 34.6 Å². The Balaban J connectivity index is 0.00000196. The SMILES string of the molecule is Cc1c(C)c(C)c(C(=O)O)c(C)c1C.[AlH3]. The third-order valence-electron chi connectivity index (χ3n) is 3.21. The highest BCUT2D eigenvalue weighted by atomic mass is 27.0. The van der Waals surface area contributed by atoms with Gasteiger partial charge in [0.2, 0.25) is 0 Å². The molecule has 1 aromatic rings. The van der Waals surface area contributed by atoms with Gasteiger partial charge in [-0.15, -0.1) is 0 Å². The summed E-state index contributed by atoms with van der Waals surface area (Å²) in [6, 6.07) is 0. The second-order valence-corrected chi connectivity index (χ2v) is 3.81. The highest BCUT2D eigenvalue weighted by Crippen LogP contribution is 2.25. The van der Waals surface area contributed by atoms with E-state index in [9.17, 15) is 4.79 Å². The van der Waals surface area contributed by atoms with E-state index in [1.807, 2.05) is 34.6 Å². The summed E-state index contributed by atoms with van der Waals surface area (Å²) < 4.78 is 0. The molecule has 0 aliphatic heterocycles. The normalized spacial score (nSPS) is 9.67. The van der Waals surface area contributed by atoms with Crippen LogP contribution < -0.4 is 0 Å². The van der Waals surface area contributed by atoms with Gasteiger partial charge in [0, 0.05) is 0 Å². The molecular weight excluding hydrogens is 203 g/mol. The number of aromatic carboxylic acids is 1. The van der Waals surface area contributed by atoms with E-state index < -0.39 is 5.97 Å². The lowest BCUT2D eigenvalue weighted by Crippen LogP contribution is -2.08. The van der Waals surface area contributed by atoms with E-state index in [0.29, 0.717) is 5.56 Å². The van der Waals surface area contributed by atoms with E-state index in [1.54, 1.807) is 0 Å². The first-order valence-electron chi connectivity index (χ1n) is 4.68. The molecule has 0 fully saturated rings. The van der Waals surface area contributed by atoms with Gasteiger partial charge < -0.3 is 5.11 Å². The Bertz CT molecular complexity index is 380. The van der Waals surface area contributed by atoms with E-state index in [4.69, 9.17) is 5.11 Å². The molecule has 0 saturated carbocycles. The lowest BCUT2D eigenvalue weighted by Gasteiger charge is -2.15. The standard InChI is InChI=1S/C12H16O2.Al.3H/c1-6-7(2)9(4)11(12(13)14)10(5)8(6)3;;;;/h1-5H3,(H,13,14);;;;. The number of hydrogen-bond acceptors (Lipinski definition) is 1. The summed E-state index contributed by atoms with van der Waals surface area (Å²) in [5, 5.41) is 9.09. The Hall–Kier alpha value is -0.778. The molecule has 0 amide bonds. The van der Waals surface area contributed by atoms with E-state index in [2.05, 4.69) is 0 Å². The van der Waals surface area contributed by atoms with Crippen LogP contribution in [0.25, 0.3) is 0 Å². The zero-order valence-electron chi connectivity index (χ0n) is 9.36. The molecule has 0 aromatic heterocycles. The van der Waals surface area contributed by atoms with Crippen LogP contribution in [0.5, 0.6) is 0 Å². The van der Waals surface area contributed by atoms with E-state index in [0.717, 1.165) is 22.3 Å². The number of rotatable bonds is 1. The van der Waals surface area contributed by atoms with Crippen LogP contribution in [0.1, 0.15) is 38.2 Å². The third kappa shape index (κ3) is 2.25. The van der Waals surface area contributed by atoms with Crippen LogP contribution in [0.2, 0.25) is 0 Å². The number of hydrogen-bond donors (Lipinski definition) is 1. The molecule has 3 heteroatoms. The average molecular weight is 222 g/mol. The van der Waals surface area contributed by atoms with Gasteiger partial charge in [0.25, 0.3) is 0 Å². The van der Waals surface area contributed by atoms with Crippen molar-refractivity contribution >= 4 is 23.3 Å². The molecule has 0 aliphatic carbocycles. The molecule has 0 bridgehead atoms. The minimum absolute atomic E-state index is 0. The fourth-order valence-electron chi connectivity index (χ4n) is 1.82. The first-order valence-corrected chi connectivity index (χ1v) is 4.68. The molecule has 1 aromatic carbocycles. The zero-order chi connectivity index (χ0) is 11.0. The van der Waals surface area contributed by atoms with Gasteiger partial charge in [-0.1, -0.05) is 0 Å². The Morgan fingerprint density at radius 2 is 1.07 bits per heavy atom. The zero-order valence-corrected chi connectivity index (χ0v) is 9.36. The average Bonchev–Trinajstić information content (AvgIpc) is 2.11. The van der Waals surface area contributed by atoms with Gasteiger partial charge in [-0.3, -0.25) is 0 Å².